The molecular formula is C9H19NO. The van der Waals surface area contributed by atoms with Crippen molar-refractivity contribution in [3.05, 3.63) is 0 Å². The van der Waals surface area contributed by atoms with Crippen LogP contribution in [0.3, 0.4) is 0 Å². The molecule has 1 rings (SSSR count). The van der Waals surface area contributed by atoms with Crippen LogP contribution < -0.4 is 5.32 Å². The molecule has 0 saturated heterocycles. The van der Waals surface area contributed by atoms with Gasteiger partial charge in [-0.3, -0.25) is 0 Å². The van der Waals surface area contributed by atoms with Crippen LogP contribution in [0.2, 0.25) is 0 Å². The minimum atomic E-state index is 0.303. The molecule has 0 radical (unpaired) electrons. The molecule has 1 aliphatic rings. The lowest BCUT2D eigenvalue weighted by atomic mass is 10.2. The van der Waals surface area contributed by atoms with E-state index in [9.17, 15) is 0 Å². The number of hydrogen-bond donors (Lipinski definition) is 2. The molecule has 66 valence electrons. The van der Waals surface area contributed by atoms with Gasteiger partial charge in [-0.2, -0.15) is 0 Å². The largest absolute Gasteiger partial charge is 0.396 e. The Morgan fingerprint density at radius 2 is 2.27 bits per heavy atom. The van der Waals surface area contributed by atoms with Gasteiger partial charge in [0.25, 0.3) is 0 Å². The fourth-order valence-electron chi connectivity index (χ4n) is 1.24. The van der Waals surface area contributed by atoms with Crippen molar-refractivity contribution >= 4 is 0 Å². The highest BCUT2D eigenvalue weighted by Crippen LogP contribution is 2.31. The maximum atomic E-state index is 8.62. The van der Waals surface area contributed by atoms with Crippen molar-refractivity contribution in [2.24, 2.45) is 5.92 Å². The van der Waals surface area contributed by atoms with Crippen LogP contribution >= 0.6 is 0 Å². The molecule has 0 heterocycles. The molecule has 1 atom stereocenters. The van der Waals surface area contributed by atoms with E-state index in [0.717, 1.165) is 18.9 Å². The third-order valence-corrected chi connectivity index (χ3v) is 2.30. The van der Waals surface area contributed by atoms with Gasteiger partial charge in [-0.05, 0) is 32.2 Å². The molecule has 0 bridgehead atoms. The fourth-order valence-corrected chi connectivity index (χ4v) is 1.24. The van der Waals surface area contributed by atoms with Crippen molar-refractivity contribution in [2.75, 3.05) is 13.2 Å². The minimum absolute atomic E-state index is 0.303. The fraction of sp³-hybridized carbons (Fsp3) is 1.00. The zero-order valence-electron chi connectivity index (χ0n) is 7.34. The molecule has 0 aromatic heterocycles. The first-order valence-electron chi connectivity index (χ1n) is 4.67. The van der Waals surface area contributed by atoms with Crippen molar-refractivity contribution < 1.29 is 5.11 Å². The summed E-state index contributed by atoms with van der Waals surface area (Å²) >= 11 is 0. The highest BCUT2D eigenvalue weighted by molar-refractivity contribution is 4.74. The van der Waals surface area contributed by atoms with E-state index in [1.807, 2.05) is 0 Å². The lowest BCUT2D eigenvalue weighted by molar-refractivity contribution is 0.268. The minimum Gasteiger partial charge on any atom is -0.396 e. The SMILES string of the molecule is CC(CCO)NCCC1CC1. The molecule has 0 amide bonds. The summed E-state index contributed by atoms with van der Waals surface area (Å²) in [5, 5.41) is 12.0. The average molecular weight is 157 g/mol. The summed E-state index contributed by atoms with van der Waals surface area (Å²) in [6, 6.07) is 0.485. The molecule has 1 unspecified atom stereocenters. The lowest BCUT2D eigenvalue weighted by Gasteiger charge is -2.11. The summed E-state index contributed by atoms with van der Waals surface area (Å²) in [6.45, 7) is 3.56. The molecule has 0 aromatic carbocycles. The Morgan fingerprint density at radius 3 is 2.82 bits per heavy atom. The molecule has 2 heteroatoms. The van der Waals surface area contributed by atoms with Gasteiger partial charge in [0, 0.05) is 12.6 Å². The third kappa shape index (κ3) is 4.38. The van der Waals surface area contributed by atoms with Crippen molar-refractivity contribution in [2.45, 2.75) is 38.6 Å². The quantitative estimate of drug-likeness (QED) is 0.606. The van der Waals surface area contributed by atoms with Crippen molar-refractivity contribution in [3.8, 4) is 0 Å². The van der Waals surface area contributed by atoms with E-state index in [0.29, 0.717) is 12.6 Å². The molecule has 0 aromatic rings. The summed E-state index contributed by atoms with van der Waals surface area (Å²) in [4.78, 5) is 0. The van der Waals surface area contributed by atoms with Crippen LogP contribution in [0.15, 0.2) is 0 Å². The Bertz CT molecular complexity index is 102. The number of aliphatic hydroxyl groups excluding tert-OH is 1. The summed E-state index contributed by atoms with van der Waals surface area (Å²) < 4.78 is 0. The summed E-state index contributed by atoms with van der Waals surface area (Å²) in [5.74, 6) is 1.02. The summed E-state index contributed by atoms with van der Waals surface area (Å²) in [5.41, 5.74) is 0. The highest BCUT2D eigenvalue weighted by Gasteiger charge is 2.20. The molecule has 1 aliphatic carbocycles. The van der Waals surface area contributed by atoms with Gasteiger partial charge in [0.2, 0.25) is 0 Å². The van der Waals surface area contributed by atoms with E-state index < -0.39 is 0 Å². The summed E-state index contributed by atoms with van der Waals surface area (Å²) in [7, 11) is 0. The van der Waals surface area contributed by atoms with E-state index >= 15 is 0 Å². The topological polar surface area (TPSA) is 32.3 Å². The predicted molar refractivity (Wildman–Crippen MR) is 46.5 cm³/mol. The second kappa shape index (κ2) is 4.73. The molecule has 2 N–H and O–H groups in total. The number of hydrogen-bond acceptors (Lipinski definition) is 2. The maximum absolute atomic E-state index is 8.62. The van der Waals surface area contributed by atoms with Crippen LogP contribution in [0.5, 0.6) is 0 Å². The van der Waals surface area contributed by atoms with Crippen molar-refractivity contribution in [1.29, 1.82) is 0 Å². The predicted octanol–water partition coefficient (Wildman–Crippen LogP) is 1.15. The number of rotatable bonds is 6. The molecule has 1 saturated carbocycles. The van der Waals surface area contributed by atoms with E-state index in [1.54, 1.807) is 0 Å². The Labute approximate surface area is 69.0 Å². The Balaban J connectivity index is 1.84. The lowest BCUT2D eigenvalue weighted by Crippen LogP contribution is -2.28. The van der Waals surface area contributed by atoms with Crippen LogP contribution in [0.1, 0.15) is 32.6 Å². The smallest absolute Gasteiger partial charge is 0.0445 e. The van der Waals surface area contributed by atoms with E-state index in [-0.39, 0.29) is 0 Å². The van der Waals surface area contributed by atoms with Gasteiger partial charge in [0.05, 0.1) is 0 Å². The Morgan fingerprint density at radius 1 is 1.55 bits per heavy atom. The van der Waals surface area contributed by atoms with Crippen LogP contribution in [-0.2, 0) is 0 Å². The van der Waals surface area contributed by atoms with E-state index in [1.165, 1.54) is 19.3 Å². The first kappa shape index (κ1) is 9.01. The first-order chi connectivity index (χ1) is 5.33. The normalized spacial score (nSPS) is 20.2. The first-order valence-corrected chi connectivity index (χ1v) is 4.67. The number of nitrogens with one attached hydrogen (secondary N) is 1. The third-order valence-electron chi connectivity index (χ3n) is 2.30. The molecule has 2 nitrogen and oxygen atoms in total. The van der Waals surface area contributed by atoms with E-state index in [2.05, 4.69) is 12.2 Å². The standard InChI is InChI=1S/C9H19NO/c1-8(5-7-11)10-6-4-9-2-3-9/h8-11H,2-7H2,1H3. The van der Waals surface area contributed by atoms with Gasteiger partial charge >= 0.3 is 0 Å². The van der Waals surface area contributed by atoms with Gasteiger partial charge in [-0.1, -0.05) is 12.8 Å². The van der Waals surface area contributed by atoms with Crippen LogP contribution in [-0.4, -0.2) is 24.3 Å². The average Bonchev–Trinajstić information content (AvgIpc) is 2.72. The highest BCUT2D eigenvalue weighted by atomic mass is 16.3. The van der Waals surface area contributed by atoms with Crippen molar-refractivity contribution in [1.82, 2.24) is 5.32 Å². The van der Waals surface area contributed by atoms with Gasteiger partial charge in [-0.15, -0.1) is 0 Å². The van der Waals surface area contributed by atoms with E-state index in [4.69, 9.17) is 5.11 Å². The van der Waals surface area contributed by atoms with Crippen LogP contribution in [0, 0.1) is 5.92 Å². The zero-order chi connectivity index (χ0) is 8.10. The molecule has 1 fully saturated rings. The van der Waals surface area contributed by atoms with Crippen LogP contribution in [0.4, 0.5) is 0 Å². The summed E-state index contributed by atoms with van der Waals surface area (Å²) in [6.07, 6.45) is 5.09. The van der Waals surface area contributed by atoms with Gasteiger partial charge < -0.3 is 10.4 Å². The van der Waals surface area contributed by atoms with Gasteiger partial charge in [0.15, 0.2) is 0 Å². The van der Waals surface area contributed by atoms with Crippen LogP contribution in [0.25, 0.3) is 0 Å². The second-order valence-corrected chi connectivity index (χ2v) is 3.60. The van der Waals surface area contributed by atoms with Gasteiger partial charge in [-0.25, -0.2) is 0 Å². The zero-order valence-corrected chi connectivity index (χ0v) is 7.34. The molecule has 0 spiro atoms. The molecule has 0 aliphatic heterocycles. The van der Waals surface area contributed by atoms with Gasteiger partial charge in [0.1, 0.15) is 0 Å². The number of aliphatic hydroxyl groups is 1. The second-order valence-electron chi connectivity index (χ2n) is 3.60. The Hall–Kier alpha value is -0.0800. The maximum Gasteiger partial charge on any atom is 0.0445 e. The van der Waals surface area contributed by atoms with Crippen molar-refractivity contribution in [3.63, 3.8) is 0 Å². The molecular weight excluding hydrogens is 138 g/mol. The monoisotopic (exact) mass is 157 g/mol. The molecule has 11 heavy (non-hydrogen) atoms. The Kier molecular flexibility index (Phi) is 3.87.